The number of carbonyl (C=O) groups excluding carboxylic acids is 1. The first-order chi connectivity index (χ1) is 12.7. The Morgan fingerprint density at radius 2 is 2.08 bits per heavy atom. The molecule has 1 aliphatic heterocycles. The molecule has 5 nitrogen and oxygen atoms in total. The number of rotatable bonds is 2. The topological polar surface area (TPSA) is 64.8 Å². The third kappa shape index (κ3) is 2.37. The van der Waals surface area contributed by atoms with Crippen LogP contribution in [-0.4, -0.2) is 32.3 Å². The van der Waals surface area contributed by atoms with Crippen molar-refractivity contribution in [1.82, 2.24) is 19.9 Å². The fourth-order valence-electron chi connectivity index (χ4n) is 3.80. The summed E-state index contributed by atoms with van der Waals surface area (Å²) >= 11 is 0. The van der Waals surface area contributed by atoms with Crippen molar-refractivity contribution in [3.8, 4) is 0 Å². The van der Waals surface area contributed by atoms with Gasteiger partial charge in [0, 0.05) is 23.8 Å². The first kappa shape index (κ1) is 15.1. The van der Waals surface area contributed by atoms with E-state index in [1.807, 2.05) is 35.4 Å². The zero-order valence-electron chi connectivity index (χ0n) is 14.0. The predicted molar refractivity (Wildman–Crippen MR) is 97.4 cm³/mol. The molecule has 0 aliphatic carbocycles. The second kappa shape index (κ2) is 5.69. The van der Waals surface area contributed by atoms with Gasteiger partial charge in [0.25, 0.3) is 5.91 Å². The highest BCUT2D eigenvalue weighted by atomic mass is 19.1. The molecule has 2 N–H and O–H groups in total. The molecule has 26 heavy (non-hydrogen) atoms. The molecule has 1 atom stereocenters. The van der Waals surface area contributed by atoms with Crippen LogP contribution in [0.5, 0.6) is 0 Å². The molecule has 1 saturated heterocycles. The number of hydrogen-bond acceptors (Lipinski definition) is 2. The Bertz CT molecular complexity index is 1130. The summed E-state index contributed by atoms with van der Waals surface area (Å²) in [5, 5.41) is 1.08. The van der Waals surface area contributed by atoms with Crippen molar-refractivity contribution in [2.45, 2.75) is 18.9 Å². The van der Waals surface area contributed by atoms with Crippen LogP contribution in [-0.2, 0) is 0 Å². The summed E-state index contributed by atoms with van der Waals surface area (Å²) in [5.41, 5.74) is 2.99. The van der Waals surface area contributed by atoms with E-state index < -0.39 is 0 Å². The van der Waals surface area contributed by atoms with Crippen molar-refractivity contribution in [3.63, 3.8) is 0 Å². The Kier molecular flexibility index (Phi) is 3.31. The molecule has 1 unspecified atom stereocenters. The van der Waals surface area contributed by atoms with Crippen LogP contribution in [0.15, 0.2) is 48.7 Å². The highest BCUT2D eigenvalue weighted by molar-refractivity contribution is 5.98. The van der Waals surface area contributed by atoms with E-state index in [1.165, 1.54) is 12.1 Å². The summed E-state index contributed by atoms with van der Waals surface area (Å²) in [4.78, 5) is 25.9. The molecule has 2 aromatic carbocycles. The fraction of sp³-hybridized carbons (Fsp3) is 0.200. The average Bonchev–Trinajstić information content (AvgIpc) is 3.37. The van der Waals surface area contributed by atoms with Gasteiger partial charge in [0.15, 0.2) is 0 Å². The summed E-state index contributed by atoms with van der Waals surface area (Å²) in [6.45, 7) is 0.692. The quantitative estimate of drug-likeness (QED) is 0.571. The van der Waals surface area contributed by atoms with Crippen molar-refractivity contribution in [1.29, 1.82) is 0 Å². The molecule has 5 rings (SSSR count). The van der Waals surface area contributed by atoms with Crippen LogP contribution in [0.2, 0.25) is 0 Å². The van der Waals surface area contributed by atoms with E-state index in [0.717, 1.165) is 29.6 Å². The average molecular weight is 348 g/mol. The van der Waals surface area contributed by atoms with Gasteiger partial charge in [-0.15, -0.1) is 0 Å². The molecule has 0 spiro atoms. The van der Waals surface area contributed by atoms with Crippen molar-refractivity contribution < 1.29 is 9.18 Å². The van der Waals surface area contributed by atoms with Crippen molar-refractivity contribution >= 4 is 27.8 Å². The number of amides is 1. The first-order valence-electron chi connectivity index (χ1n) is 8.72. The Labute approximate surface area is 148 Å². The number of H-pyrrole nitrogens is 2. The summed E-state index contributed by atoms with van der Waals surface area (Å²) in [6, 6.07) is 12.1. The molecule has 0 saturated carbocycles. The predicted octanol–water partition coefficient (Wildman–Crippen LogP) is 4.16. The molecule has 0 radical (unpaired) electrons. The molecule has 1 amide bonds. The summed E-state index contributed by atoms with van der Waals surface area (Å²) in [5.74, 6) is 0.416. The van der Waals surface area contributed by atoms with E-state index in [4.69, 9.17) is 0 Å². The van der Waals surface area contributed by atoms with Crippen LogP contribution in [0.4, 0.5) is 4.39 Å². The lowest BCUT2D eigenvalue weighted by atomic mass is 10.1. The van der Waals surface area contributed by atoms with Gasteiger partial charge in [-0.25, -0.2) is 9.37 Å². The fourth-order valence-corrected chi connectivity index (χ4v) is 3.80. The van der Waals surface area contributed by atoms with Gasteiger partial charge in [0.05, 0.1) is 17.1 Å². The van der Waals surface area contributed by atoms with Gasteiger partial charge in [-0.05, 0) is 54.6 Å². The van der Waals surface area contributed by atoms with Crippen LogP contribution in [0.25, 0.3) is 21.9 Å². The third-order valence-electron chi connectivity index (χ3n) is 5.09. The van der Waals surface area contributed by atoms with Crippen LogP contribution < -0.4 is 0 Å². The molecule has 3 heterocycles. The van der Waals surface area contributed by atoms with E-state index in [9.17, 15) is 9.18 Å². The molecule has 1 fully saturated rings. The number of aromatic amines is 2. The number of carbonyl (C=O) groups is 1. The minimum absolute atomic E-state index is 0.00404. The monoisotopic (exact) mass is 348 g/mol. The second-order valence-electron chi connectivity index (χ2n) is 6.72. The number of halogens is 1. The molecule has 130 valence electrons. The number of imidazole rings is 1. The SMILES string of the molecule is O=C(c1ccc2cc[nH]c2c1)N1CCCC1c1nc2ccc(F)cc2[nH]1. The first-order valence-corrected chi connectivity index (χ1v) is 8.72. The number of fused-ring (bicyclic) bond motifs is 2. The molecular formula is C20H17FN4O. The molecular weight excluding hydrogens is 331 g/mol. The minimum atomic E-state index is -0.300. The van der Waals surface area contributed by atoms with Gasteiger partial charge >= 0.3 is 0 Å². The van der Waals surface area contributed by atoms with E-state index in [-0.39, 0.29) is 17.8 Å². The second-order valence-corrected chi connectivity index (χ2v) is 6.72. The summed E-state index contributed by atoms with van der Waals surface area (Å²) in [7, 11) is 0. The molecule has 2 aromatic heterocycles. The maximum absolute atomic E-state index is 13.4. The zero-order valence-corrected chi connectivity index (χ0v) is 14.0. The molecule has 0 bridgehead atoms. The number of hydrogen-bond donors (Lipinski definition) is 2. The van der Waals surface area contributed by atoms with E-state index in [1.54, 1.807) is 6.07 Å². The van der Waals surface area contributed by atoms with Gasteiger partial charge in [-0.2, -0.15) is 0 Å². The van der Waals surface area contributed by atoms with Crippen LogP contribution in [0.3, 0.4) is 0 Å². The normalized spacial score (nSPS) is 17.4. The number of nitrogens with one attached hydrogen (secondary N) is 2. The van der Waals surface area contributed by atoms with Crippen molar-refractivity contribution in [2.75, 3.05) is 6.54 Å². The molecule has 1 aliphatic rings. The smallest absolute Gasteiger partial charge is 0.254 e. The largest absolute Gasteiger partial charge is 0.361 e. The maximum atomic E-state index is 13.4. The van der Waals surface area contributed by atoms with E-state index in [2.05, 4.69) is 15.0 Å². The lowest BCUT2D eigenvalue weighted by Crippen LogP contribution is -2.31. The van der Waals surface area contributed by atoms with Gasteiger partial charge in [0.2, 0.25) is 0 Å². The van der Waals surface area contributed by atoms with Crippen LogP contribution in [0, 0.1) is 5.82 Å². The highest BCUT2D eigenvalue weighted by Gasteiger charge is 2.32. The van der Waals surface area contributed by atoms with Gasteiger partial charge < -0.3 is 14.9 Å². The Morgan fingerprint density at radius 1 is 1.15 bits per heavy atom. The highest BCUT2D eigenvalue weighted by Crippen LogP contribution is 2.33. The maximum Gasteiger partial charge on any atom is 0.254 e. The number of aromatic nitrogens is 3. The Balaban J connectivity index is 1.49. The van der Waals surface area contributed by atoms with Crippen LogP contribution >= 0.6 is 0 Å². The number of nitrogens with zero attached hydrogens (tertiary/aromatic N) is 2. The van der Waals surface area contributed by atoms with Crippen molar-refractivity contribution in [3.05, 3.63) is 65.9 Å². The lowest BCUT2D eigenvalue weighted by Gasteiger charge is -2.23. The van der Waals surface area contributed by atoms with E-state index >= 15 is 0 Å². The minimum Gasteiger partial charge on any atom is -0.361 e. The zero-order chi connectivity index (χ0) is 17.7. The number of likely N-dealkylation sites (tertiary alicyclic amines) is 1. The van der Waals surface area contributed by atoms with Crippen molar-refractivity contribution in [2.24, 2.45) is 0 Å². The summed E-state index contributed by atoms with van der Waals surface area (Å²) in [6.07, 6.45) is 3.64. The van der Waals surface area contributed by atoms with Gasteiger partial charge in [0.1, 0.15) is 11.6 Å². The van der Waals surface area contributed by atoms with Crippen LogP contribution in [0.1, 0.15) is 35.1 Å². The lowest BCUT2D eigenvalue weighted by molar-refractivity contribution is 0.0730. The van der Waals surface area contributed by atoms with Gasteiger partial charge in [-0.1, -0.05) is 6.07 Å². The van der Waals surface area contributed by atoms with Gasteiger partial charge in [-0.3, -0.25) is 4.79 Å². The summed E-state index contributed by atoms with van der Waals surface area (Å²) < 4.78 is 13.4. The Hall–Kier alpha value is -3.15. The standard InChI is InChI=1S/C20H17FN4O/c21-14-5-6-15-17(11-14)24-19(23-15)18-2-1-9-25(18)20(26)13-4-3-12-7-8-22-16(12)10-13/h3-8,10-11,18,22H,1-2,9H2,(H,23,24). The third-order valence-corrected chi connectivity index (χ3v) is 5.09. The molecule has 6 heteroatoms. The number of benzene rings is 2. The molecule has 4 aromatic rings. The Morgan fingerprint density at radius 3 is 3.00 bits per heavy atom. The van der Waals surface area contributed by atoms with E-state index in [0.29, 0.717) is 23.1 Å².